The van der Waals surface area contributed by atoms with Gasteiger partial charge in [-0.15, -0.1) is 6.58 Å². The minimum absolute atomic E-state index is 0. The summed E-state index contributed by atoms with van der Waals surface area (Å²) >= 11 is 0. The molecule has 1 saturated carbocycles. The number of allylic oxidation sites excluding steroid dienone is 1. The van der Waals surface area contributed by atoms with Crippen molar-refractivity contribution in [2.45, 2.75) is 46.0 Å². The minimum atomic E-state index is 0. The van der Waals surface area contributed by atoms with E-state index in [4.69, 9.17) is 0 Å². The zero-order valence-electron chi connectivity index (χ0n) is 12.9. The predicted octanol–water partition coefficient (Wildman–Crippen LogP) is 6.76. The van der Waals surface area contributed by atoms with E-state index in [-0.39, 0.29) is 7.43 Å². The molecule has 0 spiro atoms. The summed E-state index contributed by atoms with van der Waals surface area (Å²) in [5, 5.41) is 0. The van der Waals surface area contributed by atoms with Crippen LogP contribution in [-0.4, -0.2) is 0 Å². The third-order valence-corrected chi connectivity index (χ3v) is 4.87. The first kappa shape index (κ1) is 16.5. The third-order valence-electron chi connectivity index (χ3n) is 4.87. The first-order valence-corrected chi connectivity index (χ1v) is 8.06. The van der Waals surface area contributed by atoms with Crippen LogP contribution in [0, 0.1) is 12.8 Å². The molecule has 0 aliphatic heterocycles. The lowest BCUT2D eigenvalue weighted by Crippen LogP contribution is -2.11. The van der Waals surface area contributed by atoms with Gasteiger partial charge in [0.1, 0.15) is 0 Å². The molecule has 2 aromatic carbocycles. The maximum atomic E-state index is 3.93. The van der Waals surface area contributed by atoms with Gasteiger partial charge in [-0.3, -0.25) is 0 Å². The largest absolute Gasteiger partial charge is 0.103 e. The number of hydrogen-bond acceptors (Lipinski definition) is 0. The summed E-state index contributed by atoms with van der Waals surface area (Å²) in [4.78, 5) is 0. The molecule has 0 bridgehead atoms. The van der Waals surface area contributed by atoms with Gasteiger partial charge >= 0.3 is 0 Å². The molecule has 0 aromatic heterocycles. The molecule has 22 heavy (non-hydrogen) atoms. The van der Waals surface area contributed by atoms with Gasteiger partial charge in [-0.1, -0.05) is 67.6 Å². The summed E-state index contributed by atoms with van der Waals surface area (Å²) in [6, 6.07) is 18.0. The van der Waals surface area contributed by atoms with E-state index in [1.165, 1.54) is 47.9 Å². The standard InChI is InChI=1S/C21H24.CH4/c1-3-17-6-10-19(11-7-17)21-14-12-20(13-15-21)18-8-4-16(2)5-9-18;/h3-5,8-9,12-15,17,19H,1,6-7,10-11H2,2H3;1H4. The molecule has 0 saturated heterocycles. The van der Waals surface area contributed by atoms with Crippen molar-refractivity contribution in [3.05, 3.63) is 72.3 Å². The minimum Gasteiger partial charge on any atom is -0.103 e. The second kappa shape index (κ2) is 7.45. The van der Waals surface area contributed by atoms with Crippen LogP contribution in [0.25, 0.3) is 11.1 Å². The summed E-state index contributed by atoms with van der Waals surface area (Å²) < 4.78 is 0. The molecular formula is C22H28. The molecule has 0 amide bonds. The number of aryl methyl sites for hydroxylation is 1. The number of benzene rings is 2. The molecule has 0 atom stereocenters. The van der Waals surface area contributed by atoms with Crippen LogP contribution in [-0.2, 0) is 0 Å². The zero-order valence-corrected chi connectivity index (χ0v) is 12.9. The lowest BCUT2D eigenvalue weighted by atomic mass is 9.78. The van der Waals surface area contributed by atoms with Crippen LogP contribution in [0.1, 0.15) is 50.2 Å². The Hall–Kier alpha value is -1.82. The van der Waals surface area contributed by atoms with E-state index in [0.717, 1.165) is 11.8 Å². The molecule has 0 heterocycles. The van der Waals surface area contributed by atoms with E-state index in [0.29, 0.717) is 0 Å². The molecule has 0 nitrogen and oxygen atoms in total. The van der Waals surface area contributed by atoms with Crippen LogP contribution in [0.3, 0.4) is 0 Å². The predicted molar refractivity (Wildman–Crippen MR) is 98.2 cm³/mol. The van der Waals surface area contributed by atoms with Gasteiger partial charge in [0, 0.05) is 0 Å². The van der Waals surface area contributed by atoms with Crippen molar-refractivity contribution in [1.82, 2.24) is 0 Å². The van der Waals surface area contributed by atoms with Gasteiger partial charge in [0.2, 0.25) is 0 Å². The molecule has 116 valence electrons. The molecule has 0 N–H and O–H groups in total. The maximum Gasteiger partial charge on any atom is -0.0162 e. The average molecular weight is 292 g/mol. The Labute approximate surface area is 135 Å². The van der Waals surface area contributed by atoms with Gasteiger partial charge in [-0.2, -0.15) is 0 Å². The van der Waals surface area contributed by atoms with Crippen LogP contribution in [0.15, 0.2) is 61.2 Å². The van der Waals surface area contributed by atoms with Gasteiger partial charge in [0.05, 0.1) is 0 Å². The Bertz CT molecular complexity index is 581. The number of rotatable bonds is 3. The Morgan fingerprint density at radius 2 is 1.32 bits per heavy atom. The average Bonchev–Trinajstić information content (AvgIpc) is 2.56. The van der Waals surface area contributed by atoms with Crippen molar-refractivity contribution in [3.8, 4) is 11.1 Å². The Kier molecular flexibility index (Phi) is 5.60. The van der Waals surface area contributed by atoms with E-state index in [1.54, 1.807) is 0 Å². The molecule has 2 aromatic rings. The molecule has 3 rings (SSSR count). The zero-order chi connectivity index (χ0) is 14.7. The first-order valence-electron chi connectivity index (χ1n) is 8.06. The fourth-order valence-electron chi connectivity index (χ4n) is 3.38. The summed E-state index contributed by atoms with van der Waals surface area (Å²) in [6.45, 7) is 6.06. The SMILES string of the molecule is C.C=CC1CCC(c2ccc(-c3ccc(C)cc3)cc2)CC1. The molecule has 1 fully saturated rings. The van der Waals surface area contributed by atoms with E-state index in [1.807, 2.05) is 0 Å². The van der Waals surface area contributed by atoms with Crippen LogP contribution in [0.4, 0.5) is 0 Å². The van der Waals surface area contributed by atoms with E-state index in [9.17, 15) is 0 Å². The molecular weight excluding hydrogens is 264 g/mol. The van der Waals surface area contributed by atoms with Crippen molar-refractivity contribution in [2.75, 3.05) is 0 Å². The second-order valence-corrected chi connectivity index (χ2v) is 6.34. The summed E-state index contributed by atoms with van der Waals surface area (Å²) in [7, 11) is 0. The normalized spacial score (nSPS) is 21.0. The Morgan fingerprint density at radius 3 is 1.82 bits per heavy atom. The highest BCUT2D eigenvalue weighted by molar-refractivity contribution is 5.64. The van der Waals surface area contributed by atoms with E-state index < -0.39 is 0 Å². The lowest BCUT2D eigenvalue weighted by molar-refractivity contribution is 0.376. The monoisotopic (exact) mass is 292 g/mol. The van der Waals surface area contributed by atoms with Crippen molar-refractivity contribution < 1.29 is 0 Å². The quantitative estimate of drug-likeness (QED) is 0.548. The molecule has 0 heteroatoms. The van der Waals surface area contributed by atoms with Crippen molar-refractivity contribution in [1.29, 1.82) is 0 Å². The van der Waals surface area contributed by atoms with Crippen molar-refractivity contribution in [2.24, 2.45) is 5.92 Å². The lowest BCUT2D eigenvalue weighted by Gasteiger charge is -2.27. The van der Waals surface area contributed by atoms with Crippen molar-refractivity contribution in [3.63, 3.8) is 0 Å². The maximum absolute atomic E-state index is 3.93. The van der Waals surface area contributed by atoms with Crippen molar-refractivity contribution >= 4 is 0 Å². The fraction of sp³-hybridized carbons (Fsp3) is 0.364. The Balaban J connectivity index is 0.00000176. The smallest absolute Gasteiger partial charge is 0.0162 e. The highest BCUT2D eigenvalue weighted by Crippen LogP contribution is 2.36. The molecule has 1 aliphatic carbocycles. The van der Waals surface area contributed by atoms with Gasteiger partial charge in [0.25, 0.3) is 0 Å². The molecule has 1 aliphatic rings. The van der Waals surface area contributed by atoms with Crippen LogP contribution in [0.5, 0.6) is 0 Å². The van der Waals surface area contributed by atoms with E-state index in [2.05, 4.69) is 68.1 Å². The van der Waals surface area contributed by atoms with E-state index >= 15 is 0 Å². The first-order chi connectivity index (χ1) is 10.3. The highest BCUT2D eigenvalue weighted by atomic mass is 14.2. The summed E-state index contributed by atoms with van der Waals surface area (Å²) in [6.07, 6.45) is 7.35. The highest BCUT2D eigenvalue weighted by Gasteiger charge is 2.20. The van der Waals surface area contributed by atoms with Gasteiger partial charge in [0.15, 0.2) is 0 Å². The van der Waals surface area contributed by atoms with Gasteiger partial charge in [-0.05, 0) is 61.1 Å². The van der Waals surface area contributed by atoms with Gasteiger partial charge < -0.3 is 0 Å². The van der Waals surface area contributed by atoms with Crippen LogP contribution in [0.2, 0.25) is 0 Å². The third kappa shape index (κ3) is 3.68. The Morgan fingerprint density at radius 1 is 0.818 bits per heavy atom. The van der Waals surface area contributed by atoms with Crippen LogP contribution < -0.4 is 0 Å². The summed E-state index contributed by atoms with van der Waals surface area (Å²) in [5.41, 5.74) is 5.45. The molecule has 0 radical (unpaired) electrons. The number of hydrogen-bond donors (Lipinski definition) is 0. The van der Waals surface area contributed by atoms with Gasteiger partial charge in [-0.25, -0.2) is 0 Å². The topological polar surface area (TPSA) is 0 Å². The fourth-order valence-corrected chi connectivity index (χ4v) is 3.38. The second-order valence-electron chi connectivity index (χ2n) is 6.34. The summed E-state index contributed by atoms with van der Waals surface area (Å²) in [5.74, 6) is 1.49. The molecule has 0 unspecified atom stereocenters. The van der Waals surface area contributed by atoms with Crippen LogP contribution >= 0.6 is 0 Å².